The Labute approximate surface area is 631 Å². The van der Waals surface area contributed by atoms with Crippen LogP contribution in [0.1, 0.15) is 144 Å². The zero-order valence-corrected chi connectivity index (χ0v) is 66.9. The van der Waals surface area contributed by atoms with Crippen molar-refractivity contribution in [3.05, 3.63) is 0 Å². The van der Waals surface area contributed by atoms with Gasteiger partial charge in [-0.3, -0.25) is 23.1 Å². The lowest BCUT2D eigenvalue weighted by molar-refractivity contribution is -0.282. The Morgan fingerprint density at radius 1 is 0.426 bits per heavy atom. The van der Waals surface area contributed by atoms with E-state index in [2.05, 4.69) is 5.32 Å². The van der Waals surface area contributed by atoms with Crippen LogP contribution in [0.15, 0.2) is 0 Å². The molecule has 0 saturated carbocycles. The van der Waals surface area contributed by atoms with E-state index < -0.39 is 239 Å². The summed E-state index contributed by atoms with van der Waals surface area (Å²) in [7, 11) is -24.3. The number of aliphatic hydroxyl groups is 9. The van der Waals surface area contributed by atoms with Gasteiger partial charge in [-0.1, -0.05) is 66.2 Å². The number of phosphoric acid groups is 4. The summed E-state index contributed by atoms with van der Waals surface area (Å²) in [5, 5.41) is 92.4. The molecule has 12 unspecified atom stereocenters. The van der Waals surface area contributed by atoms with E-state index in [1.807, 2.05) is 0 Å². The first-order valence-electron chi connectivity index (χ1n) is 36.8. The molecule has 0 aromatic rings. The van der Waals surface area contributed by atoms with Gasteiger partial charge >= 0.3 is 0 Å². The zero-order chi connectivity index (χ0) is 80.1. The molecule has 45 heteroatoms. The fourth-order valence-corrected chi connectivity index (χ4v) is 15.4. The smallest absolute Gasteiger partial charge is 0.267 e. The predicted octanol–water partition coefficient (Wildman–Crippen LogP) is -0.451. The molecule has 40 nitrogen and oxygen atoms in total. The molecular weight excluding hydrogens is 1550 g/mol. The van der Waals surface area contributed by atoms with Crippen molar-refractivity contribution in [2.45, 2.75) is 248 Å². The first-order chi connectivity index (χ1) is 51.0. The Bertz CT molecular complexity index is 2620. The van der Waals surface area contributed by atoms with Gasteiger partial charge in [0.05, 0.1) is 122 Å². The summed E-state index contributed by atoms with van der Waals surface area (Å²) >= 11 is 0. The highest BCUT2D eigenvalue weighted by atomic mass is 31.2. The van der Waals surface area contributed by atoms with E-state index in [-0.39, 0.29) is 91.6 Å². The summed E-state index contributed by atoms with van der Waals surface area (Å²) in [4.78, 5) is 76.2. The molecule has 1 amide bonds. The topological polar surface area (TPSA) is 587 Å². The molecule has 10 N–H and O–H groups in total. The van der Waals surface area contributed by atoms with E-state index in [9.17, 15) is 98.0 Å². The summed E-state index contributed by atoms with van der Waals surface area (Å²) < 4.78 is 168. The number of rotatable bonds is 61. The maximum atomic E-state index is 13.6. The quantitative estimate of drug-likeness (QED) is 0.0272. The number of aliphatic hydroxyl groups excluding tert-OH is 9. The van der Waals surface area contributed by atoms with Gasteiger partial charge in [0.2, 0.25) is 5.91 Å². The summed E-state index contributed by atoms with van der Waals surface area (Å²) in [5.74, 6) is -1.65. The van der Waals surface area contributed by atoms with Gasteiger partial charge < -0.3 is 168 Å². The minimum Gasteiger partial charge on any atom is -0.778 e. The van der Waals surface area contributed by atoms with Crippen LogP contribution < -0.4 is 29.8 Å². The Kier molecular flexibility index (Phi) is 47.5. The van der Waals surface area contributed by atoms with Crippen molar-refractivity contribution in [3.63, 3.8) is 0 Å². The fraction of sp³-hybridized carbons (Fsp3) is 0.984. The summed E-state index contributed by atoms with van der Waals surface area (Å²) in [5.41, 5.74) is -2.55. The third-order valence-corrected chi connectivity index (χ3v) is 23.6. The highest BCUT2D eigenvalue weighted by molar-refractivity contribution is 7.52. The summed E-state index contributed by atoms with van der Waals surface area (Å²) in [6.07, 6.45) is -11.2. The Morgan fingerprint density at radius 3 is 1.12 bits per heavy atom. The van der Waals surface area contributed by atoms with Gasteiger partial charge in [-0.25, -0.2) is 0 Å². The van der Waals surface area contributed by atoms with Crippen LogP contribution >= 0.6 is 38.9 Å². The maximum absolute atomic E-state index is 13.6. The molecule has 0 radical (unpaired) electrons. The monoisotopic (exact) mass is 1670 g/mol. The number of carbonyl (C=O) groups excluding carboxylic acids is 1. The molecule has 108 heavy (non-hydrogen) atoms. The molecule has 4 aliphatic heterocycles. The lowest BCUT2D eigenvalue weighted by atomic mass is 9.92. The molecule has 4 aliphatic rings. The van der Waals surface area contributed by atoms with Crippen LogP contribution in [-0.4, -0.2) is 288 Å². The van der Waals surface area contributed by atoms with Crippen molar-refractivity contribution in [2.75, 3.05) is 132 Å². The lowest BCUT2D eigenvalue weighted by Crippen LogP contribution is -2.64. The second-order valence-electron chi connectivity index (χ2n) is 27.5. The Morgan fingerprint density at radius 2 is 0.759 bits per heavy atom. The van der Waals surface area contributed by atoms with Crippen LogP contribution in [-0.2, 0) is 116 Å². The number of phosphoric ester groups is 4. The zero-order valence-electron chi connectivity index (χ0n) is 62.4. The number of hydrogen-bond donors (Lipinski definition) is 10. The van der Waals surface area contributed by atoms with E-state index in [0.717, 1.165) is 0 Å². The molecule has 4 rings (SSSR count). The number of nitrogens with one attached hydrogen (secondary N) is 1. The van der Waals surface area contributed by atoms with E-state index in [4.69, 9.17) is 88.1 Å². The van der Waals surface area contributed by atoms with Crippen LogP contribution in [0.2, 0.25) is 0 Å². The van der Waals surface area contributed by atoms with Gasteiger partial charge in [0.15, 0.2) is 18.9 Å². The third-order valence-electron chi connectivity index (χ3n) is 17.8. The molecule has 23 atom stereocenters. The van der Waals surface area contributed by atoms with Crippen LogP contribution in [0.5, 0.6) is 0 Å². The average Bonchev–Trinajstić information content (AvgIpc) is 1.12. The Hall–Kier alpha value is -0.700. The van der Waals surface area contributed by atoms with E-state index >= 15 is 0 Å². The van der Waals surface area contributed by atoms with Crippen LogP contribution in [0.3, 0.4) is 0 Å². The molecule has 0 bridgehead atoms. The normalized spacial score (nSPS) is 31.2. The Balaban J connectivity index is 1.34. The van der Waals surface area contributed by atoms with Crippen LogP contribution in [0.4, 0.5) is 0 Å². The summed E-state index contributed by atoms with van der Waals surface area (Å²) in [6.45, 7) is 2.19. The lowest BCUT2D eigenvalue weighted by Gasteiger charge is -2.42. The first-order valence-corrected chi connectivity index (χ1v) is 44.2. The predicted molar refractivity (Wildman–Crippen MR) is 366 cm³/mol. The fourth-order valence-electron chi connectivity index (χ4n) is 11.4. The molecule has 640 valence electrons. The van der Waals surface area contributed by atoms with Crippen molar-refractivity contribution < 1.29 is 186 Å². The van der Waals surface area contributed by atoms with Crippen molar-refractivity contribution in [1.29, 1.82) is 0 Å². The van der Waals surface area contributed by atoms with Crippen molar-refractivity contribution >= 4 is 44.8 Å². The molecule has 0 aromatic carbocycles. The maximum Gasteiger partial charge on any atom is 0.267 e. The van der Waals surface area contributed by atoms with E-state index in [1.54, 1.807) is 20.8 Å². The molecule has 0 aromatic heterocycles. The minimum atomic E-state index is -5.37. The molecule has 4 heterocycles. The van der Waals surface area contributed by atoms with E-state index in [0.29, 0.717) is 70.6 Å². The summed E-state index contributed by atoms with van der Waals surface area (Å²) in [6, 6.07) is -1.12. The number of hydrogen-bond acceptors (Lipinski definition) is 39. The highest BCUT2D eigenvalue weighted by Gasteiger charge is 2.47. The molecule has 4 saturated heterocycles. The molecule has 4 fully saturated rings. The number of amides is 1. The SMILES string of the molecule is CC(=O)NC1[C@H](OCCCCCCOP(=O)([O-])OCCCOCC(COCCCOP(=O)([O-])OCCCCCCO[C@@H]2OC(CO)[C@H](O)[C@H](O)C2C)(COCCCOP(=O)([O-])OCCCCCCO[C@@H]2OC(CO)[C@H](O)[C@H](O)C2C)COP(=O)([O-])OC[C@H]2O[C@@H](C)CC2OP(=O)([O-])C(C)C)OC(CO)[C@H](O)[C@@H]1O. The van der Waals surface area contributed by atoms with Gasteiger partial charge in [-0.15, -0.1) is 0 Å². The van der Waals surface area contributed by atoms with Crippen molar-refractivity contribution in [3.8, 4) is 0 Å². The van der Waals surface area contributed by atoms with Gasteiger partial charge in [0.25, 0.3) is 31.3 Å². The van der Waals surface area contributed by atoms with Gasteiger partial charge in [0.1, 0.15) is 62.5 Å². The first kappa shape index (κ1) is 99.7. The van der Waals surface area contributed by atoms with Crippen molar-refractivity contribution in [2.24, 2.45) is 17.3 Å². The van der Waals surface area contributed by atoms with Crippen molar-refractivity contribution in [1.82, 2.24) is 5.32 Å². The van der Waals surface area contributed by atoms with Crippen LogP contribution in [0.25, 0.3) is 0 Å². The average molecular weight is 1670 g/mol. The number of ether oxygens (including phenoxy) is 10. The molecule has 0 spiro atoms. The third kappa shape index (κ3) is 37.7. The van der Waals surface area contributed by atoms with Gasteiger partial charge in [0, 0.05) is 70.5 Å². The largest absolute Gasteiger partial charge is 0.778 e. The number of unbranched alkanes of at least 4 members (excludes halogenated alkanes) is 9. The van der Waals surface area contributed by atoms with Gasteiger partial charge in [-0.2, -0.15) is 0 Å². The standard InChI is InChI=1S/C63H124NO39P5/c1-43(2)104(75,76)103-48-34-44(3)99-52(48)38-97-108(83,84)98-42-63(39-85-22-19-31-94-105(77,78)91-28-16-10-7-13-25-88-60-45(4)54(69)56(71)49(35-65)100-60,40-86-23-20-32-95-106(79,80)92-29-17-11-8-14-26-89-61-46(5)55(70)57(72)50(36-66)101-61)41-87-24-21-33-96-107(81,82)93-30-18-12-9-15-27-90-62-53(64-47(6)68)59(74)58(73)51(37-67)102-62/h43-46,48-62,65-67,69-74H,7-42H2,1-6H3,(H,64,68)(H,75,76)(H,77,78)(H,79,80)(H,81,82)(H,83,84)/p-5/t44-,45?,46?,48?,49?,50?,51?,52+,53?,54+,55+,56-,57-,58-,59+,60+,61+,62+,63?/m0/s1. The second kappa shape index (κ2) is 51.5. The molecular formula is C63H119NO39P5-5. The second-order valence-corrected chi connectivity index (χ2v) is 35.5. The van der Waals surface area contributed by atoms with Gasteiger partial charge in [-0.05, 0) is 64.7 Å². The number of carbonyl (C=O) groups is 1. The minimum absolute atomic E-state index is 0.0769. The molecule has 0 aliphatic carbocycles. The van der Waals surface area contributed by atoms with E-state index in [1.165, 1.54) is 20.8 Å². The highest BCUT2D eigenvalue weighted by Crippen LogP contribution is 2.48. The van der Waals surface area contributed by atoms with Crippen LogP contribution in [0, 0.1) is 17.3 Å².